The molecule has 0 spiro atoms. The van der Waals surface area contributed by atoms with Crippen molar-refractivity contribution in [3.8, 4) is 5.75 Å². The minimum atomic E-state index is -0.246. The van der Waals surface area contributed by atoms with Crippen LogP contribution in [0.1, 0.15) is 31.2 Å². The fraction of sp³-hybridized carbons (Fsp3) is 0.333. The number of nitrogens with one attached hydrogen (secondary N) is 2. The van der Waals surface area contributed by atoms with E-state index >= 15 is 0 Å². The summed E-state index contributed by atoms with van der Waals surface area (Å²) in [6, 6.07) is 11.1. The van der Waals surface area contributed by atoms with E-state index < -0.39 is 0 Å². The van der Waals surface area contributed by atoms with Crippen LogP contribution in [0.2, 0.25) is 0 Å². The lowest BCUT2D eigenvalue weighted by molar-refractivity contribution is 0.211. The van der Waals surface area contributed by atoms with E-state index in [4.69, 9.17) is 4.74 Å². The average Bonchev–Trinajstić information content (AvgIpc) is 3.09. The minimum absolute atomic E-state index is 0.246. The Kier molecular flexibility index (Phi) is 5.09. The quantitative estimate of drug-likeness (QED) is 0.884. The van der Waals surface area contributed by atoms with Gasteiger partial charge in [-0.05, 0) is 55.5 Å². The maximum absolute atomic E-state index is 12.1. The highest BCUT2D eigenvalue weighted by molar-refractivity contribution is 5.90. The summed E-state index contributed by atoms with van der Waals surface area (Å²) in [5, 5.41) is 5.70. The van der Waals surface area contributed by atoms with Crippen LogP contribution in [-0.2, 0) is 6.54 Å². The monoisotopic (exact) mass is 311 g/mol. The summed E-state index contributed by atoms with van der Waals surface area (Å²) in [6.45, 7) is 0.458. The van der Waals surface area contributed by atoms with E-state index in [1.807, 2.05) is 36.4 Å². The van der Waals surface area contributed by atoms with Gasteiger partial charge in [0.2, 0.25) is 0 Å². The Bertz CT molecular complexity index is 640. The first kappa shape index (κ1) is 15.3. The predicted molar refractivity (Wildman–Crippen MR) is 89.4 cm³/mol. The fourth-order valence-corrected chi connectivity index (χ4v) is 2.71. The number of ether oxygens (including phenoxy) is 1. The van der Waals surface area contributed by atoms with Gasteiger partial charge in [-0.25, -0.2) is 4.79 Å². The van der Waals surface area contributed by atoms with Crippen molar-refractivity contribution < 1.29 is 9.53 Å². The van der Waals surface area contributed by atoms with Crippen molar-refractivity contribution in [1.29, 1.82) is 0 Å². The number of urea groups is 1. The van der Waals surface area contributed by atoms with Crippen molar-refractivity contribution in [1.82, 2.24) is 10.3 Å². The summed E-state index contributed by atoms with van der Waals surface area (Å²) in [7, 11) is 0. The Labute approximate surface area is 136 Å². The molecule has 1 aromatic heterocycles. The minimum Gasteiger partial charge on any atom is -0.488 e. The molecule has 0 aliphatic heterocycles. The van der Waals surface area contributed by atoms with E-state index in [0.717, 1.165) is 24.2 Å². The van der Waals surface area contributed by atoms with Crippen LogP contribution in [0, 0.1) is 0 Å². The second-order valence-electron chi connectivity index (χ2n) is 5.68. The number of pyridine rings is 1. The predicted octanol–water partition coefficient (Wildman–Crippen LogP) is 3.72. The first-order valence-corrected chi connectivity index (χ1v) is 8.01. The molecule has 0 radical (unpaired) electrons. The zero-order valence-electron chi connectivity index (χ0n) is 13.0. The van der Waals surface area contributed by atoms with Crippen LogP contribution in [0.4, 0.5) is 10.5 Å². The van der Waals surface area contributed by atoms with Gasteiger partial charge in [-0.1, -0.05) is 12.1 Å². The van der Waals surface area contributed by atoms with Crippen LogP contribution >= 0.6 is 0 Å². The van der Waals surface area contributed by atoms with Crippen molar-refractivity contribution in [2.45, 2.75) is 38.3 Å². The van der Waals surface area contributed by atoms with Crippen molar-refractivity contribution in [3.05, 3.63) is 54.4 Å². The van der Waals surface area contributed by atoms with E-state index in [9.17, 15) is 4.79 Å². The van der Waals surface area contributed by atoms with Gasteiger partial charge in [-0.3, -0.25) is 4.98 Å². The van der Waals surface area contributed by atoms with Crippen LogP contribution in [0.15, 0.2) is 48.8 Å². The number of nitrogens with zero attached hydrogens (tertiary/aromatic N) is 1. The van der Waals surface area contributed by atoms with Crippen molar-refractivity contribution in [2.75, 3.05) is 5.32 Å². The highest BCUT2D eigenvalue weighted by Crippen LogP contribution is 2.29. The standard InChI is InChI=1S/C18H21N3O2/c22-18(20-13-14-9-11-19-12-10-14)21-16-7-3-4-8-17(16)23-15-5-1-2-6-15/h3-4,7-12,15H,1-2,5-6,13H2,(H2,20,21,22). The highest BCUT2D eigenvalue weighted by Gasteiger charge is 2.18. The first-order valence-electron chi connectivity index (χ1n) is 8.01. The number of hydrogen-bond acceptors (Lipinski definition) is 3. The topological polar surface area (TPSA) is 63.2 Å². The molecule has 1 aliphatic rings. The molecule has 0 bridgehead atoms. The van der Waals surface area contributed by atoms with Crippen molar-refractivity contribution in [2.24, 2.45) is 0 Å². The SMILES string of the molecule is O=C(NCc1ccncc1)Nc1ccccc1OC1CCCC1. The molecule has 5 nitrogen and oxygen atoms in total. The lowest BCUT2D eigenvalue weighted by Crippen LogP contribution is -2.28. The molecule has 1 aromatic carbocycles. The van der Waals surface area contributed by atoms with Crippen molar-refractivity contribution in [3.63, 3.8) is 0 Å². The highest BCUT2D eigenvalue weighted by atomic mass is 16.5. The number of amides is 2. The molecule has 1 saturated carbocycles. The Morgan fingerprint density at radius 3 is 2.65 bits per heavy atom. The van der Waals surface area contributed by atoms with Gasteiger partial charge in [0.05, 0.1) is 11.8 Å². The second kappa shape index (κ2) is 7.63. The van der Waals surface area contributed by atoms with Gasteiger partial charge in [0.15, 0.2) is 0 Å². The molecule has 1 aliphatic carbocycles. The van der Waals surface area contributed by atoms with Crippen LogP contribution in [0.3, 0.4) is 0 Å². The zero-order valence-corrected chi connectivity index (χ0v) is 13.0. The first-order chi connectivity index (χ1) is 11.3. The van der Waals surface area contributed by atoms with E-state index in [2.05, 4.69) is 15.6 Å². The normalized spacial score (nSPS) is 14.4. The second-order valence-corrected chi connectivity index (χ2v) is 5.68. The molecule has 2 N–H and O–H groups in total. The van der Waals surface area contributed by atoms with Crippen LogP contribution < -0.4 is 15.4 Å². The molecule has 23 heavy (non-hydrogen) atoms. The third kappa shape index (κ3) is 4.45. The largest absolute Gasteiger partial charge is 0.488 e. The Hall–Kier alpha value is -2.56. The van der Waals surface area contributed by atoms with Gasteiger partial charge >= 0.3 is 6.03 Å². The number of carbonyl (C=O) groups is 1. The molecular weight excluding hydrogens is 290 g/mol. The third-order valence-corrected chi connectivity index (χ3v) is 3.93. The summed E-state index contributed by atoms with van der Waals surface area (Å²) in [5.41, 5.74) is 1.71. The molecule has 2 aromatic rings. The molecule has 1 heterocycles. The molecule has 0 atom stereocenters. The van der Waals surface area contributed by atoms with Crippen molar-refractivity contribution >= 4 is 11.7 Å². The molecule has 0 unspecified atom stereocenters. The number of benzene rings is 1. The van der Waals surface area contributed by atoms with E-state index in [0.29, 0.717) is 12.2 Å². The number of rotatable bonds is 5. The van der Waals surface area contributed by atoms with Gasteiger partial charge in [-0.15, -0.1) is 0 Å². The Morgan fingerprint density at radius 2 is 1.87 bits per heavy atom. The summed E-state index contributed by atoms with van der Waals surface area (Å²) < 4.78 is 6.02. The molecular formula is C18H21N3O2. The fourth-order valence-electron chi connectivity index (χ4n) is 2.71. The lowest BCUT2D eigenvalue weighted by Gasteiger charge is -2.17. The molecule has 3 rings (SSSR count). The van der Waals surface area contributed by atoms with Crippen LogP contribution in [0.25, 0.3) is 0 Å². The maximum atomic E-state index is 12.1. The molecule has 1 fully saturated rings. The molecule has 0 saturated heterocycles. The van der Waals surface area contributed by atoms with Crippen LogP contribution in [-0.4, -0.2) is 17.1 Å². The summed E-state index contributed by atoms with van der Waals surface area (Å²) in [6.07, 6.45) is 8.28. The van der Waals surface area contributed by atoms with E-state index in [1.54, 1.807) is 12.4 Å². The van der Waals surface area contributed by atoms with E-state index in [-0.39, 0.29) is 12.1 Å². The zero-order chi connectivity index (χ0) is 15.9. The number of anilines is 1. The van der Waals surface area contributed by atoms with Gasteiger partial charge in [-0.2, -0.15) is 0 Å². The smallest absolute Gasteiger partial charge is 0.319 e. The maximum Gasteiger partial charge on any atom is 0.319 e. The summed E-state index contributed by atoms with van der Waals surface area (Å²) in [5.74, 6) is 0.735. The summed E-state index contributed by atoms with van der Waals surface area (Å²) in [4.78, 5) is 16.0. The Morgan fingerprint density at radius 1 is 1.13 bits per heavy atom. The molecule has 120 valence electrons. The van der Waals surface area contributed by atoms with Gasteiger partial charge in [0, 0.05) is 18.9 Å². The molecule has 5 heteroatoms. The number of hydrogen-bond donors (Lipinski definition) is 2. The van der Waals surface area contributed by atoms with Crippen LogP contribution in [0.5, 0.6) is 5.75 Å². The van der Waals surface area contributed by atoms with Gasteiger partial charge < -0.3 is 15.4 Å². The average molecular weight is 311 g/mol. The number of para-hydroxylation sites is 2. The lowest BCUT2D eigenvalue weighted by atomic mass is 10.2. The van der Waals surface area contributed by atoms with Gasteiger partial charge in [0.1, 0.15) is 5.75 Å². The summed E-state index contributed by atoms with van der Waals surface area (Å²) >= 11 is 0. The molecule has 2 amide bonds. The third-order valence-electron chi connectivity index (χ3n) is 3.93. The Balaban J connectivity index is 1.57. The number of aromatic nitrogens is 1. The van der Waals surface area contributed by atoms with E-state index in [1.165, 1.54) is 12.8 Å². The van der Waals surface area contributed by atoms with Gasteiger partial charge in [0.25, 0.3) is 0 Å². The number of carbonyl (C=O) groups excluding carboxylic acids is 1.